The molecule has 0 radical (unpaired) electrons. The van der Waals surface area contributed by atoms with Crippen LogP contribution in [0.4, 0.5) is 0 Å². The summed E-state index contributed by atoms with van der Waals surface area (Å²) in [6, 6.07) is 8.26. The predicted molar refractivity (Wildman–Crippen MR) is 62.0 cm³/mol. The first-order chi connectivity index (χ1) is 7.63. The van der Waals surface area contributed by atoms with Crippen molar-refractivity contribution in [3.05, 3.63) is 41.5 Å². The van der Waals surface area contributed by atoms with Gasteiger partial charge in [0.2, 0.25) is 0 Å². The summed E-state index contributed by atoms with van der Waals surface area (Å²) >= 11 is 0. The van der Waals surface area contributed by atoms with Crippen molar-refractivity contribution in [3.63, 3.8) is 0 Å². The van der Waals surface area contributed by atoms with E-state index in [9.17, 15) is 9.90 Å². The van der Waals surface area contributed by atoms with Gasteiger partial charge in [-0.1, -0.05) is 19.1 Å². The van der Waals surface area contributed by atoms with Crippen LogP contribution in [-0.2, 0) is 6.42 Å². The van der Waals surface area contributed by atoms with Crippen molar-refractivity contribution in [3.8, 4) is 5.75 Å². The number of carboxylic acids is 1. The van der Waals surface area contributed by atoms with Gasteiger partial charge in [-0.05, 0) is 35.4 Å². The highest BCUT2D eigenvalue weighted by Crippen LogP contribution is 2.28. The summed E-state index contributed by atoms with van der Waals surface area (Å²) in [5.41, 5.74) is 1.12. The Labute approximate surface area is 93.0 Å². The molecule has 3 heteroatoms. The predicted octanol–water partition coefficient (Wildman–Crippen LogP) is 2.81. The fraction of sp³-hybridized carbons (Fsp3) is 0.154. The van der Waals surface area contributed by atoms with Crippen molar-refractivity contribution in [2.24, 2.45) is 0 Å². The van der Waals surface area contributed by atoms with Gasteiger partial charge in [0.15, 0.2) is 0 Å². The first-order valence-electron chi connectivity index (χ1n) is 5.11. The molecule has 2 rings (SSSR count). The van der Waals surface area contributed by atoms with E-state index in [2.05, 4.69) is 0 Å². The number of aromatic carboxylic acids is 1. The van der Waals surface area contributed by atoms with E-state index in [1.807, 2.05) is 6.92 Å². The molecule has 0 fully saturated rings. The van der Waals surface area contributed by atoms with Crippen molar-refractivity contribution in [2.45, 2.75) is 13.3 Å². The molecule has 3 nitrogen and oxygen atoms in total. The molecule has 0 heterocycles. The van der Waals surface area contributed by atoms with Gasteiger partial charge < -0.3 is 10.2 Å². The Hall–Kier alpha value is -2.03. The van der Waals surface area contributed by atoms with E-state index in [0.717, 1.165) is 22.8 Å². The lowest BCUT2D eigenvalue weighted by atomic mass is 10.00. The zero-order valence-electron chi connectivity index (χ0n) is 8.90. The van der Waals surface area contributed by atoms with Gasteiger partial charge in [0, 0.05) is 5.56 Å². The smallest absolute Gasteiger partial charge is 0.335 e. The number of hydrogen-bond donors (Lipinski definition) is 2. The molecule has 82 valence electrons. The second-order valence-corrected chi connectivity index (χ2v) is 3.66. The standard InChI is InChI=1S/C13H12O3/c1-2-10-11-5-3-9(13(15)16)7-8(11)4-6-12(10)14/h3-7,14H,2H2,1H3,(H,15,16). The van der Waals surface area contributed by atoms with E-state index in [1.165, 1.54) is 0 Å². The van der Waals surface area contributed by atoms with Gasteiger partial charge in [-0.3, -0.25) is 0 Å². The van der Waals surface area contributed by atoms with E-state index < -0.39 is 5.97 Å². The minimum absolute atomic E-state index is 0.262. The molecule has 0 aliphatic heterocycles. The number of benzene rings is 2. The van der Waals surface area contributed by atoms with Gasteiger partial charge >= 0.3 is 5.97 Å². The summed E-state index contributed by atoms with van der Waals surface area (Å²) in [6.45, 7) is 1.96. The number of fused-ring (bicyclic) bond motifs is 1. The maximum absolute atomic E-state index is 10.8. The van der Waals surface area contributed by atoms with Crippen LogP contribution < -0.4 is 0 Å². The highest BCUT2D eigenvalue weighted by atomic mass is 16.4. The highest BCUT2D eigenvalue weighted by molar-refractivity contribution is 5.96. The summed E-state index contributed by atoms with van der Waals surface area (Å²) < 4.78 is 0. The van der Waals surface area contributed by atoms with Crippen LogP contribution >= 0.6 is 0 Å². The maximum Gasteiger partial charge on any atom is 0.335 e. The molecule has 0 saturated heterocycles. The van der Waals surface area contributed by atoms with Crippen molar-refractivity contribution in [1.82, 2.24) is 0 Å². The van der Waals surface area contributed by atoms with Crippen molar-refractivity contribution >= 4 is 16.7 Å². The van der Waals surface area contributed by atoms with Crippen molar-refractivity contribution < 1.29 is 15.0 Å². The largest absolute Gasteiger partial charge is 0.508 e. The molecular weight excluding hydrogens is 204 g/mol. The van der Waals surface area contributed by atoms with E-state index >= 15 is 0 Å². The Morgan fingerprint density at radius 3 is 2.62 bits per heavy atom. The number of aryl methyl sites for hydroxylation is 1. The molecule has 0 spiro atoms. The average molecular weight is 216 g/mol. The van der Waals surface area contributed by atoms with Crippen LogP contribution in [0.25, 0.3) is 10.8 Å². The number of carboxylic acid groups (broad SMARTS) is 1. The van der Waals surface area contributed by atoms with Gasteiger partial charge in [0.25, 0.3) is 0 Å². The zero-order valence-corrected chi connectivity index (χ0v) is 8.90. The Bertz CT molecular complexity index is 558. The van der Waals surface area contributed by atoms with Crippen LogP contribution in [0, 0.1) is 0 Å². The molecule has 0 aliphatic carbocycles. The van der Waals surface area contributed by atoms with Gasteiger partial charge in [0.1, 0.15) is 5.75 Å². The van der Waals surface area contributed by atoms with Crippen molar-refractivity contribution in [1.29, 1.82) is 0 Å². The molecule has 0 saturated carbocycles. The van der Waals surface area contributed by atoms with Crippen LogP contribution in [0.2, 0.25) is 0 Å². The quantitative estimate of drug-likeness (QED) is 0.811. The van der Waals surface area contributed by atoms with Gasteiger partial charge in [-0.15, -0.1) is 0 Å². The second kappa shape index (κ2) is 3.85. The molecule has 0 aromatic heterocycles. The molecule has 0 aliphatic rings. The summed E-state index contributed by atoms with van der Waals surface area (Å²) in [5.74, 6) is -0.675. The van der Waals surface area contributed by atoms with Crippen LogP contribution in [0.3, 0.4) is 0 Å². The lowest BCUT2D eigenvalue weighted by Crippen LogP contribution is -1.96. The number of phenolic OH excluding ortho intramolecular Hbond substituents is 1. The minimum Gasteiger partial charge on any atom is -0.508 e. The SMILES string of the molecule is CCc1c(O)ccc2cc(C(=O)O)ccc12. The molecule has 0 bridgehead atoms. The topological polar surface area (TPSA) is 57.5 Å². The van der Waals surface area contributed by atoms with E-state index in [-0.39, 0.29) is 11.3 Å². The molecule has 2 aromatic rings. The first kappa shape index (κ1) is 10.5. The lowest BCUT2D eigenvalue weighted by molar-refractivity contribution is 0.0697. The lowest BCUT2D eigenvalue weighted by Gasteiger charge is -2.07. The fourth-order valence-corrected chi connectivity index (χ4v) is 1.89. The van der Waals surface area contributed by atoms with Gasteiger partial charge in [-0.2, -0.15) is 0 Å². The van der Waals surface area contributed by atoms with E-state index in [0.29, 0.717) is 0 Å². The molecule has 0 atom stereocenters. The summed E-state index contributed by atoms with van der Waals surface area (Å²) in [4.78, 5) is 10.8. The van der Waals surface area contributed by atoms with Gasteiger partial charge in [0.05, 0.1) is 5.56 Å². The Kier molecular flexibility index (Phi) is 2.52. The Morgan fingerprint density at radius 1 is 1.25 bits per heavy atom. The zero-order chi connectivity index (χ0) is 11.7. The molecule has 2 N–H and O–H groups in total. The molecular formula is C13H12O3. The van der Waals surface area contributed by atoms with Crippen molar-refractivity contribution in [2.75, 3.05) is 0 Å². The second-order valence-electron chi connectivity index (χ2n) is 3.66. The minimum atomic E-state index is -0.937. The highest BCUT2D eigenvalue weighted by Gasteiger charge is 2.08. The fourth-order valence-electron chi connectivity index (χ4n) is 1.89. The number of phenols is 1. The van der Waals surface area contributed by atoms with Crippen LogP contribution in [0.5, 0.6) is 5.75 Å². The number of rotatable bonds is 2. The molecule has 0 unspecified atom stereocenters. The normalized spacial score (nSPS) is 10.6. The van der Waals surface area contributed by atoms with Crippen LogP contribution in [0.1, 0.15) is 22.8 Å². The molecule has 16 heavy (non-hydrogen) atoms. The summed E-state index contributed by atoms with van der Waals surface area (Å²) in [7, 11) is 0. The molecule has 2 aromatic carbocycles. The number of hydrogen-bond acceptors (Lipinski definition) is 2. The number of aromatic hydroxyl groups is 1. The summed E-state index contributed by atoms with van der Waals surface area (Å²) in [5, 5.41) is 20.3. The monoisotopic (exact) mass is 216 g/mol. The van der Waals surface area contributed by atoms with E-state index in [4.69, 9.17) is 5.11 Å². The van der Waals surface area contributed by atoms with Crippen LogP contribution in [-0.4, -0.2) is 16.2 Å². The maximum atomic E-state index is 10.8. The van der Waals surface area contributed by atoms with Crippen LogP contribution in [0.15, 0.2) is 30.3 Å². The number of carbonyl (C=O) groups is 1. The Balaban J connectivity index is 2.73. The Morgan fingerprint density at radius 2 is 2.00 bits per heavy atom. The molecule has 0 amide bonds. The first-order valence-corrected chi connectivity index (χ1v) is 5.11. The third-order valence-corrected chi connectivity index (χ3v) is 2.71. The summed E-state index contributed by atoms with van der Waals surface area (Å²) in [6.07, 6.45) is 0.718. The third-order valence-electron chi connectivity index (χ3n) is 2.71. The average Bonchev–Trinajstić information content (AvgIpc) is 2.28. The van der Waals surface area contributed by atoms with Gasteiger partial charge in [-0.25, -0.2) is 4.79 Å². The van der Waals surface area contributed by atoms with E-state index in [1.54, 1.807) is 30.3 Å². The third kappa shape index (κ3) is 1.60.